The van der Waals surface area contributed by atoms with Crippen molar-refractivity contribution < 1.29 is 27.8 Å². The van der Waals surface area contributed by atoms with E-state index in [0.29, 0.717) is 24.3 Å². The van der Waals surface area contributed by atoms with Crippen LogP contribution in [0.3, 0.4) is 0 Å². The fraction of sp³-hybridized carbons (Fsp3) is 0.368. The van der Waals surface area contributed by atoms with Crippen molar-refractivity contribution in [3.63, 3.8) is 0 Å². The number of carbonyl (C=O) groups is 1. The number of carbonyl (C=O) groups excluding carboxylic acids is 1. The number of rotatable bonds is 5. The molecule has 1 saturated carbocycles. The molecule has 1 heterocycles. The first-order chi connectivity index (χ1) is 12.8. The van der Waals surface area contributed by atoms with E-state index >= 15 is 0 Å². The van der Waals surface area contributed by atoms with Gasteiger partial charge in [0, 0.05) is 17.8 Å². The summed E-state index contributed by atoms with van der Waals surface area (Å²) in [7, 11) is 1.48. The Bertz CT molecular complexity index is 803. The monoisotopic (exact) mass is 380 g/mol. The molecule has 1 aliphatic carbocycles. The molecular weight excluding hydrogens is 361 g/mol. The molecule has 1 amide bonds. The molecule has 1 aromatic carbocycles. The van der Waals surface area contributed by atoms with E-state index < -0.39 is 29.8 Å². The molecule has 0 unspecified atom stereocenters. The summed E-state index contributed by atoms with van der Waals surface area (Å²) in [6.07, 6.45) is -2.40. The number of pyridine rings is 1. The Kier molecular flexibility index (Phi) is 5.36. The summed E-state index contributed by atoms with van der Waals surface area (Å²) in [4.78, 5) is 16.7. The van der Waals surface area contributed by atoms with Gasteiger partial charge in [0.1, 0.15) is 0 Å². The Labute approximate surface area is 154 Å². The highest BCUT2D eigenvalue weighted by Crippen LogP contribution is 2.38. The predicted octanol–water partition coefficient (Wildman–Crippen LogP) is 3.35. The number of ether oxygens (including phenoxy) is 1. The Morgan fingerprint density at radius 3 is 2.59 bits per heavy atom. The van der Waals surface area contributed by atoms with Crippen molar-refractivity contribution in [3.05, 3.63) is 59.3 Å². The summed E-state index contributed by atoms with van der Waals surface area (Å²) >= 11 is 0. The third-order valence-corrected chi connectivity index (χ3v) is 4.69. The summed E-state index contributed by atoms with van der Waals surface area (Å²) in [5, 5.41) is 12.4. The van der Waals surface area contributed by atoms with Crippen LogP contribution in [0.15, 0.2) is 42.6 Å². The van der Waals surface area contributed by atoms with Gasteiger partial charge in [0.2, 0.25) is 5.88 Å². The predicted molar refractivity (Wildman–Crippen MR) is 91.2 cm³/mol. The van der Waals surface area contributed by atoms with Gasteiger partial charge in [-0.15, -0.1) is 0 Å². The molecule has 1 atom stereocenters. The van der Waals surface area contributed by atoms with Crippen LogP contribution in [0.25, 0.3) is 0 Å². The largest absolute Gasteiger partial charge is 0.481 e. The molecule has 3 rings (SSSR count). The van der Waals surface area contributed by atoms with Crippen LogP contribution in [-0.4, -0.2) is 29.2 Å². The van der Waals surface area contributed by atoms with E-state index in [-0.39, 0.29) is 11.5 Å². The van der Waals surface area contributed by atoms with Crippen LogP contribution >= 0.6 is 0 Å². The first-order valence-electron chi connectivity index (χ1n) is 8.44. The van der Waals surface area contributed by atoms with Gasteiger partial charge >= 0.3 is 6.18 Å². The molecule has 1 fully saturated rings. The van der Waals surface area contributed by atoms with Crippen LogP contribution in [0.1, 0.15) is 40.4 Å². The summed E-state index contributed by atoms with van der Waals surface area (Å²) in [6.45, 7) is 0. The normalized spacial score (nSPS) is 20.5. The molecule has 0 spiro atoms. The molecule has 0 aliphatic heterocycles. The van der Waals surface area contributed by atoms with Gasteiger partial charge in [-0.3, -0.25) is 4.79 Å². The van der Waals surface area contributed by atoms with Gasteiger partial charge in [0.15, 0.2) is 0 Å². The number of nitrogens with zero attached hydrogens (tertiary/aromatic N) is 1. The van der Waals surface area contributed by atoms with Gasteiger partial charge < -0.3 is 15.2 Å². The van der Waals surface area contributed by atoms with E-state index in [1.807, 2.05) is 0 Å². The minimum absolute atomic E-state index is 0.0232. The number of alkyl halides is 3. The first-order valence-corrected chi connectivity index (χ1v) is 8.44. The van der Waals surface area contributed by atoms with Crippen molar-refractivity contribution in [1.29, 1.82) is 0 Å². The Hall–Kier alpha value is -2.61. The molecular formula is C19H19F3N2O3. The van der Waals surface area contributed by atoms with Crippen LogP contribution in [0.2, 0.25) is 0 Å². The summed E-state index contributed by atoms with van der Waals surface area (Å²) in [6, 6.07) is 7.21. The van der Waals surface area contributed by atoms with Gasteiger partial charge in [0.05, 0.1) is 24.8 Å². The smallest absolute Gasteiger partial charge is 0.416 e. The number of amides is 1. The zero-order valence-corrected chi connectivity index (χ0v) is 14.5. The van der Waals surface area contributed by atoms with E-state index in [2.05, 4.69) is 10.3 Å². The molecule has 2 N–H and O–H groups in total. The van der Waals surface area contributed by atoms with Gasteiger partial charge in [-0.25, -0.2) is 4.98 Å². The van der Waals surface area contributed by atoms with Crippen molar-refractivity contribution in [3.8, 4) is 5.88 Å². The van der Waals surface area contributed by atoms with Crippen molar-refractivity contribution in [2.75, 3.05) is 7.11 Å². The SMILES string of the molecule is COc1ccc([C@@H](NC(=O)c2cccc(C(F)(F)F)c2)C2CC(O)C2)cn1. The van der Waals surface area contributed by atoms with Crippen molar-refractivity contribution >= 4 is 5.91 Å². The second-order valence-corrected chi connectivity index (χ2v) is 6.55. The zero-order chi connectivity index (χ0) is 19.6. The van der Waals surface area contributed by atoms with E-state index in [4.69, 9.17) is 4.74 Å². The molecule has 144 valence electrons. The topological polar surface area (TPSA) is 71.5 Å². The van der Waals surface area contributed by atoms with E-state index in [9.17, 15) is 23.1 Å². The average Bonchev–Trinajstić information content (AvgIpc) is 2.63. The quantitative estimate of drug-likeness (QED) is 0.835. The van der Waals surface area contributed by atoms with E-state index in [0.717, 1.165) is 12.1 Å². The fourth-order valence-corrected chi connectivity index (χ4v) is 3.13. The molecule has 27 heavy (non-hydrogen) atoms. The first kappa shape index (κ1) is 19.2. The summed E-state index contributed by atoms with van der Waals surface area (Å²) < 4.78 is 43.7. The molecule has 8 heteroatoms. The molecule has 0 saturated heterocycles. The second kappa shape index (κ2) is 7.56. The van der Waals surface area contributed by atoms with E-state index in [1.54, 1.807) is 18.3 Å². The highest BCUT2D eigenvalue weighted by atomic mass is 19.4. The molecule has 2 aromatic rings. The molecule has 0 bridgehead atoms. The molecule has 5 nitrogen and oxygen atoms in total. The number of hydrogen-bond acceptors (Lipinski definition) is 4. The Morgan fingerprint density at radius 2 is 2.04 bits per heavy atom. The van der Waals surface area contributed by atoms with Crippen LogP contribution in [0.5, 0.6) is 5.88 Å². The lowest BCUT2D eigenvalue weighted by atomic mass is 9.75. The van der Waals surface area contributed by atoms with Crippen LogP contribution < -0.4 is 10.1 Å². The van der Waals surface area contributed by atoms with E-state index in [1.165, 1.54) is 19.2 Å². The maximum Gasteiger partial charge on any atom is 0.416 e. The van der Waals surface area contributed by atoms with Gasteiger partial charge in [0.25, 0.3) is 5.91 Å². The highest BCUT2D eigenvalue weighted by molar-refractivity contribution is 5.94. The molecule has 1 aliphatic rings. The van der Waals surface area contributed by atoms with Crippen LogP contribution in [-0.2, 0) is 6.18 Å². The molecule has 0 radical (unpaired) electrons. The third-order valence-electron chi connectivity index (χ3n) is 4.69. The number of aliphatic hydroxyl groups is 1. The molecule has 1 aromatic heterocycles. The number of aliphatic hydroxyl groups excluding tert-OH is 1. The number of nitrogens with one attached hydrogen (secondary N) is 1. The number of hydrogen-bond donors (Lipinski definition) is 2. The average molecular weight is 380 g/mol. The summed E-state index contributed by atoms with van der Waals surface area (Å²) in [5.74, 6) is -0.219. The minimum atomic E-state index is -4.52. The maximum atomic E-state index is 12.9. The maximum absolute atomic E-state index is 12.9. The lowest BCUT2D eigenvalue weighted by Gasteiger charge is -2.38. The number of aromatic nitrogens is 1. The number of benzene rings is 1. The van der Waals surface area contributed by atoms with Crippen molar-refractivity contribution in [1.82, 2.24) is 10.3 Å². The lowest BCUT2D eigenvalue weighted by molar-refractivity contribution is -0.137. The standard InChI is InChI=1S/C19H19F3N2O3/c1-27-16-6-5-12(10-23-16)17(13-8-15(25)9-13)24-18(26)11-3-2-4-14(7-11)19(20,21)22/h2-7,10,13,15,17,25H,8-9H2,1H3,(H,24,26)/t13?,15?,17-/m1/s1. The second-order valence-electron chi connectivity index (χ2n) is 6.55. The van der Waals surface area contributed by atoms with Gasteiger partial charge in [-0.05, 0) is 42.5 Å². The van der Waals surface area contributed by atoms with Gasteiger partial charge in [-0.1, -0.05) is 12.1 Å². The zero-order valence-electron chi connectivity index (χ0n) is 14.5. The lowest BCUT2D eigenvalue weighted by Crippen LogP contribution is -2.41. The van der Waals surface area contributed by atoms with Crippen LogP contribution in [0, 0.1) is 5.92 Å². The number of methoxy groups -OCH3 is 1. The Balaban J connectivity index is 1.82. The van der Waals surface area contributed by atoms with Crippen molar-refractivity contribution in [2.45, 2.75) is 31.2 Å². The summed E-state index contributed by atoms with van der Waals surface area (Å²) in [5.41, 5.74) is -0.249. The Morgan fingerprint density at radius 1 is 1.30 bits per heavy atom. The van der Waals surface area contributed by atoms with Crippen LogP contribution in [0.4, 0.5) is 13.2 Å². The number of halogens is 3. The fourth-order valence-electron chi connectivity index (χ4n) is 3.13. The van der Waals surface area contributed by atoms with Crippen molar-refractivity contribution in [2.24, 2.45) is 5.92 Å². The minimum Gasteiger partial charge on any atom is -0.481 e. The van der Waals surface area contributed by atoms with Gasteiger partial charge in [-0.2, -0.15) is 13.2 Å². The highest BCUT2D eigenvalue weighted by Gasteiger charge is 2.36. The third kappa shape index (κ3) is 4.39.